The molecule has 3 rings (SSSR count). The highest BCUT2D eigenvalue weighted by molar-refractivity contribution is 7.89. The number of rotatable bonds is 5. The van der Waals surface area contributed by atoms with Crippen LogP contribution in [0.15, 0.2) is 35.2 Å². The van der Waals surface area contributed by atoms with Gasteiger partial charge in [-0.2, -0.15) is 0 Å². The third kappa shape index (κ3) is 4.46. The first kappa shape index (κ1) is 18.1. The van der Waals surface area contributed by atoms with Crippen molar-refractivity contribution in [2.75, 3.05) is 31.2 Å². The summed E-state index contributed by atoms with van der Waals surface area (Å²) in [5, 5.41) is 0.183. The third-order valence-corrected chi connectivity index (χ3v) is 5.66. The molecule has 1 aliphatic heterocycles. The van der Waals surface area contributed by atoms with Crippen LogP contribution in [0.3, 0.4) is 0 Å². The van der Waals surface area contributed by atoms with Gasteiger partial charge in [0.15, 0.2) is 0 Å². The Kier molecular flexibility index (Phi) is 5.53. The predicted molar refractivity (Wildman–Crippen MR) is 95.3 cm³/mol. The van der Waals surface area contributed by atoms with Crippen molar-refractivity contribution in [3.8, 4) is 0 Å². The van der Waals surface area contributed by atoms with E-state index in [1.54, 1.807) is 24.3 Å². The standard InChI is InChI=1S/C16H19ClN4O3S/c1-12-10-13(20-16(19-12)21-6-8-24-9-7-21)11-18-25(22,23)15-5-3-2-4-14(15)17/h2-5,10,18H,6-9,11H2,1H3. The van der Waals surface area contributed by atoms with E-state index in [1.807, 2.05) is 11.8 Å². The number of ether oxygens (including phenoxy) is 1. The number of hydrogen-bond acceptors (Lipinski definition) is 6. The molecule has 1 aromatic carbocycles. The van der Waals surface area contributed by atoms with E-state index in [9.17, 15) is 8.42 Å². The second kappa shape index (κ2) is 7.65. The van der Waals surface area contributed by atoms with Gasteiger partial charge in [-0.25, -0.2) is 23.1 Å². The molecule has 7 nitrogen and oxygen atoms in total. The second-order valence-electron chi connectivity index (χ2n) is 5.66. The molecule has 25 heavy (non-hydrogen) atoms. The van der Waals surface area contributed by atoms with E-state index >= 15 is 0 Å². The normalized spacial score (nSPS) is 15.4. The fraction of sp³-hybridized carbons (Fsp3) is 0.375. The highest BCUT2D eigenvalue weighted by Crippen LogP contribution is 2.20. The average Bonchev–Trinajstić information content (AvgIpc) is 2.61. The first-order valence-corrected chi connectivity index (χ1v) is 9.73. The lowest BCUT2D eigenvalue weighted by Crippen LogP contribution is -2.37. The van der Waals surface area contributed by atoms with Gasteiger partial charge < -0.3 is 9.64 Å². The fourth-order valence-corrected chi connectivity index (χ4v) is 4.04. The van der Waals surface area contributed by atoms with Gasteiger partial charge in [-0.1, -0.05) is 23.7 Å². The zero-order chi connectivity index (χ0) is 17.9. The smallest absolute Gasteiger partial charge is 0.242 e. The van der Waals surface area contributed by atoms with E-state index in [-0.39, 0.29) is 16.5 Å². The summed E-state index contributed by atoms with van der Waals surface area (Å²) in [6, 6.07) is 8.09. The number of morpholine rings is 1. The van der Waals surface area contributed by atoms with Gasteiger partial charge in [0.2, 0.25) is 16.0 Å². The van der Waals surface area contributed by atoms with E-state index in [0.717, 1.165) is 5.69 Å². The Morgan fingerprint density at radius 1 is 1.24 bits per heavy atom. The van der Waals surface area contributed by atoms with Crippen LogP contribution in [-0.4, -0.2) is 44.7 Å². The maximum absolute atomic E-state index is 12.4. The summed E-state index contributed by atoms with van der Waals surface area (Å²) in [6.45, 7) is 4.62. The van der Waals surface area contributed by atoms with E-state index in [4.69, 9.17) is 16.3 Å². The lowest BCUT2D eigenvalue weighted by atomic mass is 10.3. The molecule has 1 aliphatic rings. The van der Waals surface area contributed by atoms with Gasteiger partial charge >= 0.3 is 0 Å². The Balaban J connectivity index is 1.77. The van der Waals surface area contributed by atoms with Crippen molar-refractivity contribution >= 4 is 27.6 Å². The largest absolute Gasteiger partial charge is 0.378 e. The van der Waals surface area contributed by atoms with Crippen molar-refractivity contribution in [2.24, 2.45) is 0 Å². The van der Waals surface area contributed by atoms with Crippen LogP contribution >= 0.6 is 11.6 Å². The highest BCUT2D eigenvalue weighted by atomic mass is 35.5. The molecule has 0 saturated carbocycles. The molecule has 0 atom stereocenters. The minimum Gasteiger partial charge on any atom is -0.378 e. The molecule has 0 radical (unpaired) electrons. The molecule has 0 spiro atoms. The summed E-state index contributed by atoms with van der Waals surface area (Å²) in [5.74, 6) is 0.593. The zero-order valence-corrected chi connectivity index (χ0v) is 15.3. The number of hydrogen-bond donors (Lipinski definition) is 1. The molecular formula is C16H19ClN4O3S. The number of sulfonamides is 1. The molecule has 1 fully saturated rings. The minimum absolute atomic E-state index is 0.0517. The summed E-state index contributed by atoms with van der Waals surface area (Å²) < 4.78 is 32.7. The van der Waals surface area contributed by atoms with Gasteiger partial charge in [-0.15, -0.1) is 0 Å². The molecule has 9 heteroatoms. The number of anilines is 1. The van der Waals surface area contributed by atoms with Crippen molar-refractivity contribution in [2.45, 2.75) is 18.4 Å². The highest BCUT2D eigenvalue weighted by Gasteiger charge is 2.19. The zero-order valence-electron chi connectivity index (χ0n) is 13.8. The molecular weight excluding hydrogens is 364 g/mol. The third-order valence-electron chi connectivity index (χ3n) is 3.76. The van der Waals surface area contributed by atoms with Gasteiger partial charge in [0, 0.05) is 18.8 Å². The van der Waals surface area contributed by atoms with Crippen molar-refractivity contribution in [1.82, 2.24) is 14.7 Å². The molecule has 0 amide bonds. The predicted octanol–water partition coefficient (Wildman–Crippen LogP) is 1.75. The van der Waals surface area contributed by atoms with Crippen LogP contribution in [0.2, 0.25) is 5.02 Å². The van der Waals surface area contributed by atoms with Crippen molar-refractivity contribution in [1.29, 1.82) is 0 Å². The Morgan fingerprint density at radius 3 is 2.68 bits per heavy atom. The topological polar surface area (TPSA) is 84.4 Å². The first-order chi connectivity index (χ1) is 12.0. The molecule has 0 bridgehead atoms. The Bertz CT molecular complexity index is 854. The fourth-order valence-electron chi connectivity index (χ4n) is 2.52. The quantitative estimate of drug-likeness (QED) is 0.848. The van der Waals surface area contributed by atoms with Crippen LogP contribution in [0.5, 0.6) is 0 Å². The Labute approximate surface area is 152 Å². The van der Waals surface area contributed by atoms with Crippen LogP contribution in [0.4, 0.5) is 5.95 Å². The van der Waals surface area contributed by atoms with Gasteiger partial charge in [0.05, 0.1) is 30.5 Å². The summed E-state index contributed by atoms with van der Waals surface area (Å²) in [6.07, 6.45) is 0. The first-order valence-electron chi connectivity index (χ1n) is 7.87. The molecule has 1 saturated heterocycles. The van der Waals surface area contributed by atoms with Crippen LogP contribution in [-0.2, 0) is 21.3 Å². The summed E-state index contributed by atoms with van der Waals surface area (Å²) >= 11 is 5.98. The lowest BCUT2D eigenvalue weighted by Gasteiger charge is -2.27. The van der Waals surface area contributed by atoms with E-state index < -0.39 is 10.0 Å². The molecule has 1 N–H and O–H groups in total. The summed E-state index contributed by atoms with van der Waals surface area (Å²) in [7, 11) is -3.72. The van der Waals surface area contributed by atoms with E-state index in [1.165, 1.54) is 6.07 Å². The number of nitrogens with zero attached hydrogens (tertiary/aromatic N) is 3. The Hall–Kier alpha value is -1.74. The van der Waals surface area contributed by atoms with Crippen molar-refractivity contribution in [3.05, 3.63) is 46.7 Å². The van der Waals surface area contributed by atoms with Crippen LogP contribution < -0.4 is 9.62 Å². The number of halogens is 1. The molecule has 0 aliphatic carbocycles. The van der Waals surface area contributed by atoms with E-state index in [2.05, 4.69) is 14.7 Å². The van der Waals surface area contributed by atoms with Gasteiger partial charge in [0.25, 0.3) is 0 Å². The summed E-state index contributed by atoms with van der Waals surface area (Å²) in [4.78, 5) is 11.0. The van der Waals surface area contributed by atoms with Crippen LogP contribution in [0.1, 0.15) is 11.4 Å². The Morgan fingerprint density at radius 2 is 1.96 bits per heavy atom. The lowest BCUT2D eigenvalue weighted by molar-refractivity contribution is 0.122. The minimum atomic E-state index is -3.72. The molecule has 1 aromatic heterocycles. The molecule has 0 unspecified atom stereocenters. The molecule has 2 aromatic rings. The summed E-state index contributed by atoms with van der Waals surface area (Å²) in [5.41, 5.74) is 1.38. The maximum Gasteiger partial charge on any atom is 0.242 e. The van der Waals surface area contributed by atoms with Gasteiger partial charge in [-0.3, -0.25) is 0 Å². The van der Waals surface area contributed by atoms with Gasteiger partial charge in [-0.05, 0) is 25.1 Å². The van der Waals surface area contributed by atoms with Crippen LogP contribution in [0, 0.1) is 6.92 Å². The second-order valence-corrected chi connectivity index (χ2v) is 7.80. The molecule has 134 valence electrons. The van der Waals surface area contributed by atoms with Crippen molar-refractivity contribution < 1.29 is 13.2 Å². The maximum atomic E-state index is 12.4. The number of benzene rings is 1. The van der Waals surface area contributed by atoms with Crippen molar-refractivity contribution in [3.63, 3.8) is 0 Å². The van der Waals surface area contributed by atoms with E-state index in [0.29, 0.717) is 37.9 Å². The number of nitrogens with one attached hydrogen (secondary N) is 1. The SMILES string of the molecule is Cc1cc(CNS(=O)(=O)c2ccccc2Cl)nc(N2CCOCC2)n1. The average molecular weight is 383 g/mol. The number of aromatic nitrogens is 2. The molecule has 2 heterocycles. The van der Waals surface area contributed by atoms with Gasteiger partial charge in [0.1, 0.15) is 4.90 Å². The van der Waals surface area contributed by atoms with Crippen LogP contribution in [0.25, 0.3) is 0 Å². The monoisotopic (exact) mass is 382 g/mol. The number of aryl methyl sites for hydroxylation is 1.